The summed E-state index contributed by atoms with van der Waals surface area (Å²) < 4.78 is 13.6. The Kier molecular flexibility index (Phi) is 5.58. The minimum absolute atomic E-state index is 0.113. The van der Waals surface area contributed by atoms with E-state index in [1.807, 2.05) is 24.8 Å². The van der Waals surface area contributed by atoms with Crippen molar-refractivity contribution >= 4 is 5.91 Å². The molecule has 3 fully saturated rings. The summed E-state index contributed by atoms with van der Waals surface area (Å²) in [5, 5.41) is 8.67. The van der Waals surface area contributed by atoms with Crippen molar-refractivity contribution in [2.45, 2.75) is 83.3 Å². The summed E-state index contributed by atoms with van der Waals surface area (Å²) in [7, 11) is 0. The second-order valence-corrected chi connectivity index (χ2v) is 9.74. The molecular formula is C23H33N5O3. The Hall–Kier alpha value is -2.22. The normalized spacial score (nSPS) is 23.8. The average Bonchev–Trinajstić information content (AvgIpc) is 3.27. The van der Waals surface area contributed by atoms with Crippen LogP contribution in [0.2, 0.25) is 0 Å². The van der Waals surface area contributed by atoms with Gasteiger partial charge in [0.05, 0.1) is 11.3 Å². The maximum atomic E-state index is 12.8. The standard InChI is InChI=1S/C23H33N5O3/c1-16-12-17(2)28(25-16)15-21(29)27-9-7-23(8-10-27)14-18(6-11-30-23)13-20-24-22(31-26-20)19-4-3-5-19/h12,18-19H,3-11,13-15H2,1-2H3. The zero-order valence-electron chi connectivity index (χ0n) is 18.7. The zero-order chi connectivity index (χ0) is 21.4. The number of aryl methyl sites for hydroxylation is 2. The first-order chi connectivity index (χ1) is 15.0. The Morgan fingerprint density at radius 1 is 1.23 bits per heavy atom. The fourth-order valence-electron chi connectivity index (χ4n) is 5.31. The first kappa shape index (κ1) is 20.7. The molecular weight excluding hydrogens is 394 g/mol. The van der Waals surface area contributed by atoms with Gasteiger partial charge in [0, 0.05) is 37.7 Å². The molecule has 0 radical (unpaired) electrons. The maximum absolute atomic E-state index is 12.8. The lowest BCUT2D eigenvalue weighted by Gasteiger charge is -2.46. The highest BCUT2D eigenvalue weighted by Gasteiger charge is 2.41. The molecule has 1 amide bonds. The van der Waals surface area contributed by atoms with E-state index in [0.717, 1.165) is 74.9 Å². The smallest absolute Gasteiger partial charge is 0.244 e. The van der Waals surface area contributed by atoms with Gasteiger partial charge in [-0.15, -0.1) is 0 Å². The Morgan fingerprint density at radius 2 is 2.03 bits per heavy atom. The molecule has 2 aromatic heterocycles. The molecule has 168 valence electrons. The van der Waals surface area contributed by atoms with Crippen LogP contribution in [0.4, 0.5) is 0 Å². The highest BCUT2D eigenvalue weighted by atomic mass is 16.5. The SMILES string of the molecule is Cc1cc(C)n(CC(=O)N2CCC3(CC2)CC(Cc2noc(C4CCC4)n2)CCO3)n1. The molecule has 1 aliphatic carbocycles. The summed E-state index contributed by atoms with van der Waals surface area (Å²) in [6, 6.07) is 2.01. The van der Waals surface area contributed by atoms with E-state index >= 15 is 0 Å². The van der Waals surface area contributed by atoms with Gasteiger partial charge in [0.1, 0.15) is 6.54 Å². The van der Waals surface area contributed by atoms with Crippen molar-refractivity contribution in [3.63, 3.8) is 0 Å². The fourth-order valence-corrected chi connectivity index (χ4v) is 5.31. The Morgan fingerprint density at radius 3 is 2.71 bits per heavy atom. The molecule has 2 saturated heterocycles. The summed E-state index contributed by atoms with van der Waals surface area (Å²) >= 11 is 0. The van der Waals surface area contributed by atoms with E-state index in [2.05, 4.69) is 15.2 Å². The maximum Gasteiger partial charge on any atom is 0.244 e. The van der Waals surface area contributed by atoms with E-state index in [1.54, 1.807) is 4.68 Å². The number of piperidine rings is 1. The summed E-state index contributed by atoms with van der Waals surface area (Å²) in [4.78, 5) is 19.4. The number of carbonyl (C=O) groups excluding carboxylic acids is 1. The van der Waals surface area contributed by atoms with Crippen LogP contribution in [0.15, 0.2) is 10.6 Å². The number of carbonyl (C=O) groups is 1. The van der Waals surface area contributed by atoms with Gasteiger partial charge in [-0.05, 0) is 64.4 Å². The summed E-state index contributed by atoms with van der Waals surface area (Å²) in [5.41, 5.74) is 1.86. The third-order valence-corrected chi connectivity index (χ3v) is 7.42. The predicted molar refractivity (Wildman–Crippen MR) is 114 cm³/mol. The van der Waals surface area contributed by atoms with E-state index in [0.29, 0.717) is 18.4 Å². The quantitative estimate of drug-likeness (QED) is 0.728. The van der Waals surface area contributed by atoms with Gasteiger partial charge in [0.15, 0.2) is 5.82 Å². The predicted octanol–water partition coefficient (Wildman–Crippen LogP) is 3.18. The van der Waals surface area contributed by atoms with Gasteiger partial charge in [0.2, 0.25) is 11.8 Å². The van der Waals surface area contributed by atoms with Crippen molar-refractivity contribution in [1.82, 2.24) is 24.8 Å². The van der Waals surface area contributed by atoms with Gasteiger partial charge in [-0.1, -0.05) is 11.6 Å². The molecule has 0 aromatic carbocycles. The topological polar surface area (TPSA) is 86.3 Å². The van der Waals surface area contributed by atoms with Crippen LogP contribution in [-0.4, -0.2) is 56.0 Å². The van der Waals surface area contributed by atoms with E-state index in [9.17, 15) is 4.79 Å². The third-order valence-electron chi connectivity index (χ3n) is 7.42. The van der Waals surface area contributed by atoms with E-state index in [1.165, 1.54) is 19.3 Å². The van der Waals surface area contributed by atoms with Crippen molar-refractivity contribution in [2.24, 2.45) is 5.92 Å². The summed E-state index contributed by atoms with van der Waals surface area (Å²) in [5.74, 6) is 2.82. The molecule has 31 heavy (non-hydrogen) atoms. The van der Waals surface area contributed by atoms with Crippen LogP contribution >= 0.6 is 0 Å². The van der Waals surface area contributed by atoms with E-state index in [4.69, 9.17) is 9.26 Å². The highest BCUT2D eigenvalue weighted by molar-refractivity contribution is 5.76. The molecule has 8 heteroatoms. The number of rotatable bonds is 5. The minimum atomic E-state index is -0.113. The monoisotopic (exact) mass is 427 g/mol. The lowest BCUT2D eigenvalue weighted by atomic mass is 9.78. The van der Waals surface area contributed by atoms with Crippen LogP contribution in [-0.2, 0) is 22.5 Å². The molecule has 8 nitrogen and oxygen atoms in total. The van der Waals surface area contributed by atoms with Crippen molar-refractivity contribution in [3.05, 3.63) is 29.2 Å². The first-order valence-corrected chi connectivity index (χ1v) is 11.7. The van der Waals surface area contributed by atoms with Crippen molar-refractivity contribution in [1.29, 1.82) is 0 Å². The highest BCUT2D eigenvalue weighted by Crippen LogP contribution is 2.39. The van der Waals surface area contributed by atoms with Gasteiger partial charge < -0.3 is 14.2 Å². The van der Waals surface area contributed by atoms with Crippen LogP contribution in [0.25, 0.3) is 0 Å². The minimum Gasteiger partial charge on any atom is -0.375 e. The first-order valence-electron chi connectivity index (χ1n) is 11.7. The third kappa shape index (κ3) is 4.40. The Bertz CT molecular complexity index is 924. The Balaban J connectivity index is 1.14. The lowest BCUT2D eigenvalue weighted by Crippen LogP contribution is -2.51. The molecule has 1 saturated carbocycles. The van der Waals surface area contributed by atoms with Gasteiger partial charge in [-0.25, -0.2) is 0 Å². The fraction of sp³-hybridized carbons (Fsp3) is 0.739. The molecule has 1 spiro atoms. The molecule has 3 aliphatic rings. The number of aromatic nitrogens is 4. The van der Waals surface area contributed by atoms with Crippen molar-refractivity contribution in [3.8, 4) is 0 Å². The van der Waals surface area contributed by atoms with Gasteiger partial charge >= 0.3 is 0 Å². The number of hydrogen-bond acceptors (Lipinski definition) is 6. The summed E-state index contributed by atoms with van der Waals surface area (Å²) in [6.45, 7) is 6.54. The van der Waals surface area contributed by atoms with Crippen LogP contribution in [0.5, 0.6) is 0 Å². The number of amides is 1. The number of nitrogens with zero attached hydrogens (tertiary/aromatic N) is 5. The second-order valence-electron chi connectivity index (χ2n) is 9.74. The summed E-state index contributed by atoms with van der Waals surface area (Å²) in [6.07, 6.45) is 8.33. The number of ether oxygens (including phenoxy) is 1. The average molecular weight is 428 g/mol. The van der Waals surface area contributed by atoms with E-state index < -0.39 is 0 Å². The molecule has 0 N–H and O–H groups in total. The molecule has 2 aromatic rings. The van der Waals surface area contributed by atoms with Crippen molar-refractivity contribution in [2.75, 3.05) is 19.7 Å². The Labute approximate surface area is 183 Å². The largest absolute Gasteiger partial charge is 0.375 e. The molecule has 4 heterocycles. The van der Waals surface area contributed by atoms with Crippen LogP contribution in [0, 0.1) is 19.8 Å². The molecule has 1 unspecified atom stereocenters. The zero-order valence-corrected chi connectivity index (χ0v) is 18.7. The molecule has 5 rings (SSSR count). The molecule has 0 bridgehead atoms. The van der Waals surface area contributed by atoms with Crippen molar-refractivity contribution < 1.29 is 14.1 Å². The number of hydrogen-bond donors (Lipinski definition) is 0. The van der Waals surface area contributed by atoms with Gasteiger partial charge in [-0.2, -0.15) is 10.1 Å². The van der Waals surface area contributed by atoms with Crippen LogP contribution in [0.3, 0.4) is 0 Å². The van der Waals surface area contributed by atoms with Crippen LogP contribution in [0.1, 0.15) is 74.0 Å². The second kappa shape index (κ2) is 8.37. The molecule has 1 atom stereocenters. The van der Waals surface area contributed by atoms with E-state index in [-0.39, 0.29) is 11.5 Å². The van der Waals surface area contributed by atoms with Gasteiger partial charge in [-0.3, -0.25) is 9.48 Å². The van der Waals surface area contributed by atoms with Gasteiger partial charge in [0.25, 0.3) is 0 Å². The van der Waals surface area contributed by atoms with Crippen LogP contribution < -0.4 is 0 Å². The lowest BCUT2D eigenvalue weighted by molar-refractivity contribution is -0.147. The number of likely N-dealkylation sites (tertiary alicyclic amines) is 1. The molecule has 2 aliphatic heterocycles.